The first-order valence-electron chi connectivity index (χ1n) is 3.98. The first kappa shape index (κ1) is 9.85. The third kappa shape index (κ3) is 1.50. The number of nitrogens with zero attached hydrogens (tertiary/aromatic N) is 1. The molecule has 0 aliphatic heterocycles. The fourth-order valence-corrected chi connectivity index (χ4v) is 3.07. The summed E-state index contributed by atoms with van der Waals surface area (Å²) in [6.45, 7) is 0. The Morgan fingerprint density at radius 2 is 2.29 bits per heavy atom. The zero-order chi connectivity index (χ0) is 10.1. The van der Waals surface area contributed by atoms with Gasteiger partial charge in [0.1, 0.15) is 0 Å². The molecular formula is C10H6ClNS2. The van der Waals surface area contributed by atoms with E-state index in [0.717, 1.165) is 25.6 Å². The lowest BCUT2D eigenvalue weighted by Crippen LogP contribution is -1.79. The zero-order valence-electron chi connectivity index (χ0n) is 7.12. The Balaban J connectivity index is 2.78. The van der Waals surface area contributed by atoms with Crippen molar-refractivity contribution in [2.24, 2.45) is 0 Å². The second-order valence-corrected chi connectivity index (χ2v) is 4.64. The number of fused-ring (bicyclic) bond motifs is 1. The van der Waals surface area contributed by atoms with Crippen LogP contribution in [0.15, 0.2) is 22.4 Å². The van der Waals surface area contributed by atoms with Crippen LogP contribution >= 0.6 is 35.6 Å². The van der Waals surface area contributed by atoms with Gasteiger partial charge in [0.25, 0.3) is 0 Å². The molecule has 0 amide bonds. The highest BCUT2D eigenvalue weighted by Crippen LogP contribution is 2.36. The van der Waals surface area contributed by atoms with E-state index in [4.69, 9.17) is 16.9 Å². The fraction of sp³-hybridized carbons (Fsp3) is 0.100. The lowest BCUT2D eigenvalue weighted by atomic mass is 10.1. The lowest BCUT2D eigenvalue weighted by molar-refractivity contribution is 1.29. The van der Waals surface area contributed by atoms with E-state index in [-0.39, 0.29) is 0 Å². The summed E-state index contributed by atoms with van der Waals surface area (Å²) >= 11 is 12.0. The summed E-state index contributed by atoms with van der Waals surface area (Å²) in [6.07, 6.45) is 0.411. The molecule has 4 heteroatoms. The van der Waals surface area contributed by atoms with Crippen molar-refractivity contribution in [3.8, 4) is 6.07 Å². The molecule has 2 rings (SSSR count). The van der Waals surface area contributed by atoms with Crippen molar-refractivity contribution in [3.05, 3.63) is 28.1 Å². The number of nitriles is 1. The third-order valence-corrected chi connectivity index (χ3v) is 3.86. The molecule has 0 spiro atoms. The quantitative estimate of drug-likeness (QED) is 0.750. The van der Waals surface area contributed by atoms with E-state index in [1.165, 1.54) is 0 Å². The Labute approximate surface area is 96.3 Å². The molecule has 0 radical (unpaired) electrons. The topological polar surface area (TPSA) is 23.8 Å². The van der Waals surface area contributed by atoms with Gasteiger partial charge in [0.2, 0.25) is 0 Å². The second-order valence-electron chi connectivity index (χ2n) is 2.87. The van der Waals surface area contributed by atoms with Crippen molar-refractivity contribution < 1.29 is 0 Å². The Kier molecular flexibility index (Phi) is 2.69. The molecule has 0 N–H and O–H groups in total. The molecule has 0 fully saturated rings. The van der Waals surface area contributed by atoms with Crippen LogP contribution in [0.3, 0.4) is 0 Å². The number of halogens is 1. The van der Waals surface area contributed by atoms with Crippen molar-refractivity contribution in [2.45, 2.75) is 11.3 Å². The molecule has 1 aromatic carbocycles. The molecule has 0 atom stereocenters. The van der Waals surface area contributed by atoms with Crippen LogP contribution in [0.4, 0.5) is 0 Å². The molecule has 0 aliphatic rings. The molecule has 1 nitrogen and oxygen atoms in total. The Morgan fingerprint density at radius 1 is 1.50 bits per heavy atom. The molecule has 0 bridgehead atoms. The maximum atomic E-state index is 8.65. The van der Waals surface area contributed by atoms with E-state index in [1.54, 1.807) is 11.3 Å². The molecule has 70 valence electrons. The number of thiophene rings is 1. The molecule has 1 heterocycles. The molecule has 14 heavy (non-hydrogen) atoms. The van der Waals surface area contributed by atoms with Gasteiger partial charge in [0, 0.05) is 10.3 Å². The standard InChI is InChI=1S/C10H6ClNS2/c11-7-1-2-8(13)9-6(3-4-12)5-14-10(7)9/h1-2,5,13H,3H2. The highest BCUT2D eigenvalue weighted by atomic mass is 35.5. The van der Waals surface area contributed by atoms with E-state index >= 15 is 0 Å². The van der Waals surface area contributed by atoms with Crippen LogP contribution in [0, 0.1) is 11.3 Å². The van der Waals surface area contributed by atoms with Gasteiger partial charge in [-0.25, -0.2) is 0 Å². The number of thiol groups is 1. The minimum atomic E-state index is 0.411. The average Bonchev–Trinajstić information content (AvgIpc) is 2.58. The summed E-state index contributed by atoms with van der Waals surface area (Å²) < 4.78 is 1.02. The molecule has 0 saturated carbocycles. The van der Waals surface area contributed by atoms with Gasteiger partial charge in [0.05, 0.1) is 22.2 Å². The highest BCUT2D eigenvalue weighted by Gasteiger charge is 2.09. The van der Waals surface area contributed by atoms with Crippen molar-refractivity contribution in [2.75, 3.05) is 0 Å². The SMILES string of the molecule is N#CCc1csc2c(Cl)ccc(S)c12. The van der Waals surface area contributed by atoms with Crippen LogP contribution in [0.2, 0.25) is 5.02 Å². The first-order valence-corrected chi connectivity index (χ1v) is 5.69. The number of hydrogen-bond donors (Lipinski definition) is 1. The molecule has 0 aliphatic carbocycles. The van der Waals surface area contributed by atoms with Crippen molar-refractivity contribution >= 4 is 45.7 Å². The van der Waals surface area contributed by atoms with Crippen molar-refractivity contribution in [1.82, 2.24) is 0 Å². The predicted molar refractivity (Wildman–Crippen MR) is 63.4 cm³/mol. The van der Waals surface area contributed by atoms with Crippen molar-refractivity contribution in [1.29, 1.82) is 5.26 Å². The summed E-state index contributed by atoms with van der Waals surface area (Å²) in [5.74, 6) is 0. The largest absolute Gasteiger partial charge is 0.198 e. The number of rotatable bonds is 1. The van der Waals surface area contributed by atoms with Crippen LogP contribution < -0.4 is 0 Å². The van der Waals surface area contributed by atoms with E-state index in [0.29, 0.717) is 6.42 Å². The van der Waals surface area contributed by atoms with Crippen LogP contribution in [0.5, 0.6) is 0 Å². The van der Waals surface area contributed by atoms with Crippen LogP contribution in [0.25, 0.3) is 10.1 Å². The van der Waals surface area contributed by atoms with Gasteiger partial charge in [0.15, 0.2) is 0 Å². The predicted octanol–water partition coefficient (Wildman–Crippen LogP) is 3.91. The zero-order valence-corrected chi connectivity index (χ0v) is 9.59. The minimum Gasteiger partial charge on any atom is -0.198 e. The Morgan fingerprint density at radius 3 is 3.00 bits per heavy atom. The van der Waals surface area contributed by atoms with Crippen LogP contribution in [-0.4, -0.2) is 0 Å². The highest BCUT2D eigenvalue weighted by molar-refractivity contribution is 7.80. The molecule has 0 unspecified atom stereocenters. The summed E-state index contributed by atoms with van der Waals surface area (Å²) in [5.41, 5.74) is 1.01. The van der Waals surface area contributed by atoms with Gasteiger partial charge in [-0.15, -0.1) is 24.0 Å². The minimum absolute atomic E-state index is 0.411. The average molecular weight is 240 g/mol. The summed E-state index contributed by atoms with van der Waals surface area (Å²) in [5, 5.41) is 12.4. The monoisotopic (exact) mass is 239 g/mol. The molecule has 1 aromatic heterocycles. The summed E-state index contributed by atoms with van der Waals surface area (Å²) in [6, 6.07) is 5.83. The van der Waals surface area contributed by atoms with E-state index < -0.39 is 0 Å². The molecule has 0 saturated heterocycles. The van der Waals surface area contributed by atoms with E-state index in [2.05, 4.69) is 18.7 Å². The second kappa shape index (κ2) is 3.82. The molecule has 2 aromatic rings. The normalized spacial score (nSPS) is 10.4. The maximum Gasteiger partial charge on any atom is 0.0670 e. The molecular weight excluding hydrogens is 234 g/mol. The lowest BCUT2D eigenvalue weighted by Gasteiger charge is -1.99. The van der Waals surface area contributed by atoms with Crippen molar-refractivity contribution in [3.63, 3.8) is 0 Å². The third-order valence-electron chi connectivity index (χ3n) is 2.00. The fourth-order valence-electron chi connectivity index (χ4n) is 1.38. The Bertz CT molecular complexity index is 525. The number of benzene rings is 1. The van der Waals surface area contributed by atoms with E-state index in [1.807, 2.05) is 17.5 Å². The number of hydrogen-bond acceptors (Lipinski definition) is 3. The van der Waals surface area contributed by atoms with Gasteiger partial charge in [-0.05, 0) is 23.1 Å². The van der Waals surface area contributed by atoms with Gasteiger partial charge >= 0.3 is 0 Å². The van der Waals surface area contributed by atoms with Gasteiger partial charge in [-0.1, -0.05) is 11.6 Å². The summed E-state index contributed by atoms with van der Waals surface area (Å²) in [4.78, 5) is 0.885. The maximum absolute atomic E-state index is 8.65. The van der Waals surface area contributed by atoms with Crippen LogP contribution in [0.1, 0.15) is 5.56 Å². The van der Waals surface area contributed by atoms with Gasteiger partial charge in [-0.3, -0.25) is 0 Å². The van der Waals surface area contributed by atoms with Gasteiger partial charge < -0.3 is 0 Å². The van der Waals surface area contributed by atoms with Crippen LogP contribution in [-0.2, 0) is 6.42 Å². The summed E-state index contributed by atoms with van der Waals surface area (Å²) in [7, 11) is 0. The van der Waals surface area contributed by atoms with Gasteiger partial charge in [-0.2, -0.15) is 5.26 Å². The first-order chi connectivity index (χ1) is 6.74. The Hall–Kier alpha value is -0.690. The van der Waals surface area contributed by atoms with E-state index in [9.17, 15) is 0 Å². The smallest absolute Gasteiger partial charge is 0.0670 e.